The van der Waals surface area contributed by atoms with Crippen molar-refractivity contribution in [1.82, 2.24) is 15.5 Å². The molecule has 3 N–H and O–H groups in total. The van der Waals surface area contributed by atoms with Crippen LogP contribution in [0.1, 0.15) is 40.5 Å². The van der Waals surface area contributed by atoms with Gasteiger partial charge in [0.05, 0.1) is 13.2 Å². The van der Waals surface area contributed by atoms with E-state index in [0.29, 0.717) is 18.2 Å². The fourth-order valence-electron chi connectivity index (χ4n) is 4.02. The normalized spacial score (nSPS) is 16.9. The van der Waals surface area contributed by atoms with Crippen LogP contribution in [0.5, 0.6) is 0 Å². The Morgan fingerprint density at radius 3 is 2.27 bits per heavy atom. The molecule has 168 valence electrons. The van der Waals surface area contributed by atoms with E-state index in [1.165, 1.54) is 0 Å². The number of anilines is 1. The number of morpholine rings is 1. The zero-order chi connectivity index (χ0) is 21.9. The van der Waals surface area contributed by atoms with E-state index < -0.39 is 6.04 Å². The standard InChI is InChI=1S/C23H38N4O3/c1-5-18(6-2)20(27-12-14-30-15-13-27)16-24-22(28)21(17(3)4)26-23(29)25-19-10-8-7-9-11-19/h7-11,17-18,20-21H,5-6,12-16H2,1-4H3,(H,24,28)(H2,25,26,29). The fourth-order valence-corrected chi connectivity index (χ4v) is 4.02. The second kappa shape index (κ2) is 12.5. The Morgan fingerprint density at radius 1 is 1.07 bits per heavy atom. The van der Waals surface area contributed by atoms with Crippen LogP contribution in [-0.4, -0.2) is 61.8 Å². The van der Waals surface area contributed by atoms with E-state index in [4.69, 9.17) is 4.74 Å². The van der Waals surface area contributed by atoms with Gasteiger partial charge in [-0.3, -0.25) is 9.69 Å². The molecule has 0 spiro atoms. The molecule has 2 atom stereocenters. The average molecular weight is 419 g/mol. The zero-order valence-corrected chi connectivity index (χ0v) is 18.8. The molecule has 1 saturated heterocycles. The molecule has 1 fully saturated rings. The smallest absolute Gasteiger partial charge is 0.319 e. The Labute approximate surface area is 180 Å². The first-order chi connectivity index (χ1) is 14.5. The van der Waals surface area contributed by atoms with Crippen LogP contribution in [0.15, 0.2) is 30.3 Å². The second-order valence-corrected chi connectivity index (χ2v) is 8.22. The van der Waals surface area contributed by atoms with Gasteiger partial charge < -0.3 is 20.7 Å². The summed E-state index contributed by atoms with van der Waals surface area (Å²) in [4.78, 5) is 27.8. The van der Waals surface area contributed by atoms with Gasteiger partial charge in [0, 0.05) is 31.4 Å². The van der Waals surface area contributed by atoms with Gasteiger partial charge in [0.25, 0.3) is 0 Å². The van der Waals surface area contributed by atoms with Crippen molar-refractivity contribution in [2.45, 2.75) is 52.6 Å². The second-order valence-electron chi connectivity index (χ2n) is 8.22. The number of carbonyl (C=O) groups is 2. The first-order valence-corrected chi connectivity index (χ1v) is 11.2. The van der Waals surface area contributed by atoms with Crippen molar-refractivity contribution in [3.63, 3.8) is 0 Å². The number of rotatable bonds is 10. The molecule has 7 heteroatoms. The number of nitrogens with zero attached hydrogens (tertiary/aromatic N) is 1. The molecule has 0 aliphatic carbocycles. The molecule has 1 aliphatic heterocycles. The lowest BCUT2D eigenvalue weighted by Gasteiger charge is -2.39. The largest absolute Gasteiger partial charge is 0.379 e. The topological polar surface area (TPSA) is 82.7 Å². The summed E-state index contributed by atoms with van der Waals surface area (Å²) in [5.74, 6) is 0.342. The van der Waals surface area contributed by atoms with Crippen LogP contribution >= 0.6 is 0 Å². The van der Waals surface area contributed by atoms with Crippen LogP contribution in [0, 0.1) is 11.8 Å². The van der Waals surface area contributed by atoms with Crippen LogP contribution in [-0.2, 0) is 9.53 Å². The molecular weight excluding hydrogens is 380 g/mol. The van der Waals surface area contributed by atoms with Gasteiger partial charge in [-0.15, -0.1) is 0 Å². The Bertz CT molecular complexity index is 643. The number of hydrogen-bond donors (Lipinski definition) is 3. The van der Waals surface area contributed by atoms with Crippen molar-refractivity contribution in [3.8, 4) is 0 Å². The number of urea groups is 1. The van der Waals surface area contributed by atoms with E-state index in [2.05, 4.69) is 34.7 Å². The molecule has 3 amide bonds. The summed E-state index contributed by atoms with van der Waals surface area (Å²) in [6.45, 7) is 12.1. The van der Waals surface area contributed by atoms with Crippen molar-refractivity contribution in [1.29, 1.82) is 0 Å². The Morgan fingerprint density at radius 2 is 1.70 bits per heavy atom. The molecular formula is C23H38N4O3. The van der Waals surface area contributed by atoms with E-state index in [-0.39, 0.29) is 23.9 Å². The monoisotopic (exact) mass is 418 g/mol. The maximum Gasteiger partial charge on any atom is 0.319 e. The van der Waals surface area contributed by atoms with Gasteiger partial charge in [0.15, 0.2) is 0 Å². The van der Waals surface area contributed by atoms with Gasteiger partial charge in [0.2, 0.25) is 5.91 Å². The minimum Gasteiger partial charge on any atom is -0.379 e. The number of para-hydroxylation sites is 1. The average Bonchev–Trinajstić information content (AvgIpc) is 2.76. The van der Waals surface area contributed by atoms with Gasteiger partial charge in [-0.25, -0.2) is 4.79 Å². The Kier molecular flexibility index (Phi) is 10.1. The summed E-state index contributed by atoms with van der Waals surface area (Å²) in [6, 6.07) is 8.52. The van der Waals surface area contributed by atoms with Crippen LogP contribution in [0.25, 0.3) is 0 Å². The number of amides is 3. The molecule has 0 bridgehead atoms. The lowest BCUT2D eigenvalue weighted by atomic mass is 9.92. The molecule has 1 heterocycles. The number of nitrogens with one attached hydrogen (secondary N) is 3. The Balaban J connectivity index is 1.97. The summed E-state index contributed by atoms with van der Waals surface area (Å²) in [5.41, 5.74) is 0.694. The summed E-state index contributed by atoms with van der Waals surface area (Å²) >= 11 is 0. The Hall–Kier alpha value is -2.12. The van der Waals surface area contributed by atoms with E-state index in [1.54, 1.807) is 0 Å². The molecule has 0 radical (unpaired) electrons. The SMILES string of the molecule is CCC(CC)C(CNC(=O)C(NC(=O)Nc1ccccc1)C(C)C)N1CCOCC1. The van der Waals surface area contributed by atoms with Crippen LogP contribution in [0.2, 0.25) is 0 Å². The molecule has 30 heavy (non-hydrogen) atoms. The predicted molar refractivity (Wildman–Crippen MR) is 120 cm³/mol. The first-order valence-electron chi connectivity index (χ1n) is 11.2. The molecule has 2 rings (SSSR count). The van der Waals surface area contributed by atoms with Crippen LogP contribution in [0.3, 0.4) is 0 Å². The minimum absolute atomic E-state index is 0.0264. The van der Waals surface area contributed by atoms with Crippen molar-refractivity contribution >= 4 is 17.6 Å². The highest BCUT2D eigenvalue weighted by Gasteiger charge is 2.29. The van der Waals surface area contributed by atoms with Crippen molar-refractivity contribution < 1.29 is 14.3 Å². The molecule has 0 saturated carbocycles. The zero-order valence-electron chi connectivity index (χ0n) is 18.8. The van der Waals surface area contributed by atoms with Crippen molar-refractivity contribution in [2.24, 2.45) is 11.8 Å². The summed E-state index contributed by atoms with van der Waals surface area (Å²) < 4.78 is 5.50. The lowest BCUT2D eigenvalue weighted by molar-refractivity contribution is -0.124. The fraction of sp³-hybridized carbons (Fsp3) is 0.652. The van der Waals surface area contributed by atoms with E-state index >= 15 is 0 Å². The summed E-state index contributed by atoms with van der Waals surface area (Å²) in [7, 11) is 0. The third-order valence-electron chi connectivity index (χ3n) is 5.86. The minimum atomic E-state index is -0.597. The molecule has 1 aromatic carbocycles. The van der Waals surface area contributed by atoms with Gasteiger partial charge in [0.1, 0.15) is 6.04 Å². The molecule has 1 aliphatic rings. The van der Waals surface area contributed by atoms with Gasteiger partial charge in [-0.2, -0.15) is 0 Å². The quantitative estimate of drug-likeness (QED) is 0.545. The molecule has 7 nitrogen and oxygen atoms in total. The number of benzene rings is 1. The maximum atomic E-state index is 13.0. The van der Waals surface area contributed by atoms with Crippen molar-refractivity contribution in [3.05, 3.63) is 30.3 Å². The van der Waals surface area contributed by atoms with Crippen LogP contribution < -0.4 is 16.0 Å². The first kappa shape index (κ1) is 24.2. The van der Waals surface area contributed by atoms with E-state index in [9.17, 15) is 9.59 Å². The number of ether oxygens (including phenoxy) is 1. The highest BCUT2D eigenvalue weighted by Crippen LogP contribution is 2.20. The molecule has 1 aromatic rings. The van der Waals surface area contributed by atoms with E-state index in [1.807, 2.05) is 44.2 Å². The third-order valence-corrected chi connectivity index (χ3v) is 5.86. The summed E-state index contributed by atoms with van der Waals surface area (Å²) in [6.07, 6.45) is 2.14. The van der Waals surface area contributed by atoms with Gasteiger partial charge >= 0.3 is 6.03 Å². The predicted octanol–water partition coefficient (Wildman–Crippen LogP) is 3.09. The van der Waals surface area contributed by atoms with Crippen molar-refractivity contribution in [2.75, 3.05) is 38.2 Å². The van der Waals surface area contributed by atoms with E-state index in [0.717, 1.165) is 39.1 Å². The highest BCUT2D eigenvalue weighted by molar-refractivity contribution is 5.93. The maximum absolute atomic E-state index is 13.0. The summed E-state index contributed by atoms with van der Waals surface area (Å²) in [5, 5.41) is 8.73. The highest BCUT2D eigenvalue weighted by atomic mass is 16.5. The number of hydrogen-bond acceptors (Lipinski definition) is 4. The van der Waals surface area contributed by atoms with Gasteiger partial charge in [-0.1, -0.05) is 58.7 Å². The molecule has 2 unspecified atom stereocenters. The third kappa shape index (κ3) is 7.29. The van der Waals surface area contributed by atoms with Crippen LogP contribution in [0.4, 0.5) is 10.5 Å². The molecule has 0 aromatic heterocycles. The lowest BCUT2D eigenvalue weighted by Crippen LogP contribution is -2.56. The van der Waals surface area contributed by atoms with Gasteiger partial charge in [-0.05, 0) is 24.0 Å². The number of carbonyl (C=O) groups excluding carboxylic acids is 2.